The Balaban J connectivity index is 2.48. The fraction of sp³-hybridized carbons (Fsp3) is 0. The molecule has 12 heavy (non-hydrogen) atoms. The molecule has 2 rings (SSSR count). The van der Waals surface area contributed by atoms with Crippen LogP contribution in [0.4, 0.5) is 5.82 Å². The van der Waals surface area contributed by atoms with Crippen molar-refractivity contribution in [2.75, 3.05) is 5.73 Å². The third-order valence-electron chi connectivity index (χ3n) is 1.56. The number of aromatic amines is 1. The van der Waals surface area contributed by atoms with Crippen LogP contribution in [0.5, 0.6) is 0 Å². The Morgan fingerprint density at radius 1 is 1.33 bits per heavy atom. The number of H-pyrrole nitrogens is 1. The molecule has 0 aliphatic rings. The maximum absolute atomic E-state index is 5.50. The third kappa shape index (κ3) is 1.14. The number of rotatable bonds is 1. The minimum absolute atomic E-state index is 0.481. The van der Waals surface area contributed by atoms with E-state index in [9.17, 15) is 0 Å². The Morgan fingerprint density at radius 3 is 2.92 bits per heavy atom. The molecule has 0 saturated heterocycles. The fourth-order valence-corrected chi connectivity index (χ4v) is 1.01. The minimum atomic E-state index is 0.481. The molecule has 0 bridgehead atoms. The number of nitrogens with one attached hydrogen (secondary N) is 1. The average molecular weight is 160 g/mol. The predicted molar refractivity (Wildman–Crippen MR) is 46.2 cm³/mol. The van der Waals surface area contributed by atoms with Gasteiger partial charge in [0.2, 0.25) is 0 Å². The molecule has 4 heteroatoms. The normalized spacial score (nSPS) is 10.0. The molecule has 0 radical (unpaired) electrons. The molecule has 3 N–H and O–H groups in total. The van der Waals surface area contributed by atoms with E-state index in [-0.39, 0.29) is 0 Å². The van der Waals surface area contributed by atoms with Gasteiger partial charge in [-0.25, -0.2) is 9.97 Å². The lowest BCUT2D eigenvalue weighted by molar-refractivity contribution is 1.17. The number of nitrogens with zero attached hydrogens (tertiary/aromatic N) is 2. The molecule has 0 fully saturated rings. The van der Waals surface area contributed by atoms with Gasteiger partial charge in [0, 0.05) is 12.3 Å². The molecule has 2 aromatic heterocycles. The summed E-state index contributed by atoms with van der Waals surface area (Å²) in [6.45, 7) is 0. The van der Waals surface area contributed by atoms with Gasteiger partial charge >= 0.3 is 0 Å². The molecule has 0 aliphatic heterocycles. The van der Waals surface area contributed by atoms with Gasteiger partial charge in [-0.3, -0.25) is 0 Å². The Labute approximate surface area is 69.5 Å². The summed E-state index contributed by atoms with van der Waals surface area (Å²) in [4.78, 5) is 10.9. The van der Waals surface area contributed by atoms with Gasteiger partial charge in [-0.2, -0.15) is 0 Å². The number of aromatic nitrogens is 3. The molecule has 0 amide bonds. The standard InChI is InChI=1S/C8H8N4/c9-8-4-7(11-5-12-8)6-2-1-3-10-6/h1-5,10H,(H2,9,11,12). The van der Waals surface area contributed by atoms with Crippen molar-refractivity contribution in [1.82, 2.24) is 15.0 Å². The highest BCUT2D eigenvalue weighted by atomic mass is 14.9. The SMILES string of the molecule is Nc1cc(-c2ccc[nH]2)ncn1. The van der Waals surface area contributed by atoms with E-state index in [4.69, 9.17) is 5.73 Å². The summed E-state index contributed by atoms with van der Waals surface area (Å²) in [5.41, 5.74) is 7.26. The maximum Gasteiger partial charge on any atom is 0.127 e. The smallest absolute Gasteiger partial charge is 0.127 e. The Hall–Kier alpha value is -1.84. The van der Waals surface area contributed by atoms with Crippen LogP contribution in [-0.2, 0) is 0 Å². The fourth-order valence-electron chi connectivity index (χ4n) is 1.01. The first-order valence-electron chi connectivity index (χ1n) is 3.57. The lowest BCUT2D eigenvalue weighted by Gasteiger charge is -1.96. The Morgan fingerprint density at radius 2 is 2.25 bits per heavy atom. The van der Waals surface area contributed by atoms with E-state index in [2.05, 4.69) is 15.0 Å². The zero-order chi connectivity index (χ0) is 8.39. The second-order valence-electron chi connectivity index (χ2n) is 2.41. The summed E-state index contributed by atoms with van der Waals surface area (Å²) in [7, 11) is 0. The second-order valence-corrected chi connectivity index (χ2v) is 2.41. The van der Waals surface area contributed by atoms with Gasteiger partial charge in [-0.1, -0.05) is 0 Å². The van der Waals surface area contributed by atoms with Gasteiger partial charge in [-0.15, -0.1) is 0 Å². The minimum Gasteiger partial charge on any atom is -0.384 e. The molecule has 0 atom stereocenters. The molecule has 0 aromatic carbocycles. The third-order valence-corrected chi connectivity index (χ3v) is 1.56. The number of hydrogen-bond donors (Lipinski definition) is 2. The second kappa shape index (κ2) is 2.65. The van der Waals surface area contributed by atoms with Gasteiger partial charge < -0.3 is 10.7 Å². The summed E-state index contributed by atoms with van der Waals surface area (Å²) in [5, 5.41) is 0. The van der Waals surface area contributed by atoms with Crippen LogP contribution in [0.2, 0.25) is 0 Å². The van der Waals surface area contributed by atoms with Crippen LogP contribution in [0, 0.1) is 0 Å². The van der Waals surface area contributed by atoms with Crippen LogP contribution in [0.1, 0.15) is 0 Å². The number of anilines is 1. The summed E-state index contributed by atoms with van der Waals surface area (Å²) in [5.74, 6) is 0.481. The van der Waals surface area contributed by atoms with E-state index >= 15 is 0 Å². The molecule has 4 nitrogen and oxygen atoms in total. The van der Waals surface area contributed by atoms with Crippen LogP contribution >= 0.6 is 0 Å². The van der Waals surface area contributed by atoms with E-state index in [1.54, 1.807) is 6.07 Å². The highest BCUT2D eigenvalue weighted by Gasteiger charge is 1.98. The number of hydrogen-bond acceptors (Lipinski definition) is 3. The first-order valence-corrected chi connectivity index (χ1v) is 3.57. The van der Waals surface area contributed by atoms with E-state index in [1.807, 2.05) is 18.3 Å². The van der Waals surface area contributed by atoms with Crippen LogP contribution in [-0.4, -0.2) is 15.0 Å². The zero-order valence-corrected chi connectivity index (χ0v) is 6.36. The largest absolute Gasteiger partial charge is 0.384 e. The molecular formula is C8H8N4. The molecule has 60 valence electrons. The van der Waals surface area contributed by atoms with Crippen LogP contribution in [0.3, 0.4) is 0 Å². The highest BCUT2D eigenvalue weighted by Crippen LogP contribution is 2.14. The van der Waals surface area contributed by atoms with Gasteiger partial charge in [0.25, 0.3) is 0 Å². The lowest BCUT2D eigenvalue weighted by Crippen LogP contribution is -1.92. The molecule has 0 unspecified atom stereocenters. The van der Waals surface area contributed by atoms with Gasteiger partial charge in [0.1, 0.15) is 12.1 Å². The quantitative estimate of drug-likeness (QED) is 0.655. The monoisotopic (exact) mass is 160 g/mol. The lowest BCUT2D eigenvalue weighted by atomic mass is 10.3. The van der Waals surface area contributed by atoms with Crippen molar-refractivity contribution in [3.8, 4) is 11.4 Å². The van der Waals surface area contributed by atoms with Crippen LogP contribution in [0.25, 0.3) is 11.4 Å². The zero-order valence-electron chi connectivity index (χ0n) is 6.36. The summed E-state index contributed by atoms with van der Waals surface area (Å²) in [6, 6.07) is 5.57. The van der Waals surface area contributed by atoms with Crippen molar-refractivity contribution >= 4 is 5.82 Å². The summed E-state index contributed by atoms with van der Waals surface area (Å²) < 4.78 is 0. The molecular weight excluding hydrogens is 152 g/mol. The molecule has 0 saturated carbocycles. The molecule has 2 heterocycles. The van der Waals surface area contributed by atoms with Crippen molar-refractivity contribution in [3.63, 3.8) is 0 Å². The summed E-state index contributed by atoms with van der Waals surface area (Å²) >= 11 is 0. The first-order chi connectivity index (χ1) is 5.86. The van der Waals surface area contributed by atoms with E-state index in [0.717, 1.165) is 11.4 Å². The molecule has 0 spiro atoms. The van der Waals surface area contributed by atoms with E-state index in [0.29, 0.717) is 5.82 Å². The van der Waals surface area contributed by atoms with Crippen molar-refractivity contribution in [1.29, 1.82) is 0 Å². The van der Waals surface area contributed by atoms with Gasteiger partial charge in [0.15, 0.2) is 0 Å². The van der Waals surface area contributed by atoms with Crippen molar-refractivity contribution in [3.05, 3.63) is 30.7 Å². The summed E-state index contributed by atoms with van der Waals surface area (Å²) in [6.07, 6.45) is 3.29. The average Bonchev–Trinajstić information content (AvgIpc) is 2.56. The van der Waals surface area contributed by atoms with Gasteiger partial charge in [0.05, 0.1) is 11.4 Å². The van der Waals surface area contributed by atoms with E-state index < -0.39 is 0 Å². The number of nitrogen functional groups attached to an aromatic ring is 1. The van der Waals surface area contributed by atoms with Crippen molar-refractivity contribution in [2.45, 2.75) is 0 Å². The highest BCUT2D eigenvalue weighted by molar-refractivity contribution is 5.56. The topological polar surface area (TPSA) is 67.6 Å². The van der Waals surface area contributed by atoms with E-state index in [1.165, 1.54) is 6.33 Å². The van der Waals surface area contributed by atoms with Gasteiger partial charge in [-0.05, 0) is 12.1 Å². The van der Waals surface area contributed by atoms with Crippen LogP contribution in [0.15, 0.2) is 30.7 Å². The van der Waals surface area contributed by atoms with Crippen molar-refractivity contribution < 1.29 is 0 Å². The molecule has 0 aliphatic carbocycles. The maximum atomic E-state index is 5.50. The predicted octanol–water partition coefficient (Wildman–Crippen LogP) is 1.05. The van der Waals surface area contributed by atoms with Crippen LogP contribution < -0.4 is 5.73 Å². The Bertz CT molecular complexity index is 366. The number of nitrogens with two attached hydrogens (primary N) is 1. The Kier molecular flexibility index (Phi) is 1.51. The van der Waals surface area contributed by atoms with Crippen molar-refractivity contribution in [2.24, 2.45) is 0 Å². The first kappa shape index (κ1) is 6.84. The molecule has 2 aromatic rings.